The lowest BCUT2D eigenvalue weighted by molar-refractivity contribution is -0.422. The van der Waals surface area contributed by atoms with Gasteiger partial charge in [-0.2, -0.15) is 0 Å². The summed E-state index contributed by atoms with van der Waals surface area (Å²) >= 11 is 0. The molecule has 2 aromatic rings. The van der Waals surface area contributed by atoms with Crippen molar-refractivity contribution in [1.29, 1.82) is 0 Å². The van der Waals surface area contributed by atoms with Crippen molar-refractivity contribution in [2.45, 2.75) is 0 Å². The molecule has 0 atom stereocenters. The second-order valence-corrected chi connectivity index (χ2v) is 3.55. The molecule has 0 aliphatic carbocycles. The van der Waals surface area contributed by atoms with Crippen LogP contribution >= 0.6 is 0 Å². The fraction of sp³-hybridized carbons (Fsp3) is 0. The van der Waals surface area contributed by atoms with Crippen LogP contribution in [-0.2, 0) is 0 Å². The number of benzene rings is 2. The maximum Gasteiger partial charge on any atom is 0.353 e. The summed E-state index contributed by atoms with van der Waals surface area (Å²) in [5.41, 5.74) is -0.155. The number of para-hydroxylation sites is 1. The normalized spacial score (nSPS) is 10.0. The molecule has 0 radical (unpaired) electrons. The molecule has 2 aromatic carbocycles. The molecule has 0 saturated heterocycles. The lowest BCUT2D eigenvalue weighted by atomic mass is 10.0. The van der Waals surface area contributed by atoms with Crippen molar-refractivity contribution in [3.8, 4) is 11.1 Å². The summed E-state index contributed by atoms with van der Waals surface area (Å²) in [6.45, 7) is 0. The maximum atomic E-state index is 11.0. The fourth-order valence-corrected chi connectivity index (χ4v) is 1.72. The first-order valence-corrected chi connectivity index (χ1v) is 5.08. The van der Waals surface area contributed by atoms with Crippen LogP contribution in [0.1, 0.15) is 0 Å². The van der Waals surface area contributed by atoms with Gasteiger partial charge in [-0.15, -0.1) is 0 Å². The van der Waals surface area contributed by atoms with Crippen LogP contribution in [0.25, 0.3) is 11.1 Å². The summed E-state index contributed by atoms with van der Waals surface area (Å²) in [6, 6.07) is 12.6. The highest BCUT2D eigenvalue weighted by Crippen LogP contribution is 2.36. The van der Waals surface area contributed by atoms with E-state index in [0.29, 0.717) is 5.56 Å². The molecule has 6 nitrogen and oxygen atoms in total. The van der Waals surface area contributed by atoms with Gasteiger partial charge in [-0.1, -0.05) is 36.4 Å². The Balaban J connectivity index is 2.72. The van der Waals surface area contributed by atoms with Crippen LogP contribution < -0.4 is 0 Å². The Morgan fingerprint density at radius 1 is 0.778 bits per heavy atom. The van der Waals surface area contributed by atoms with Gasteiger partial charge >= 0.3 is 11.4 Å². The van der Waals surface area contributed by atoms with Gasteiger partial charge in [0.15, 0.2) is 0 Å². The highest BCUT2D eigenvalue weighted by Gasteiger charge is 2.28. The molecule has 0 unspecified atom stereocenters. The molecular formula is C12H8N2O4. The summed E-state index contributed by atoms with van der Waals surface area (Å²) in [7, 11) is 0. The van der Waals surface area contributed by atoms with E-state index in [9.17, 15) is 20.2 Å². The van der Waals surface area contributed by atoms with Crippen molar-refractivity contribution in [2.24, 2.45) is 0 Å². The molecule has 90 valence electrons. The number of nitro benzene ring substituents is 2. The standard InChI is InChI=1S/C12H8N2O4/c15-13(16)11-8-4-7-10(12(11)14(17)18)9-5-2-1-3-6-9/h1-8H. The number of rotatable bonds is 3. The van der Waals surface area contributed by atoms with Gasteiger partial charge < -0.3 is 0 Å². The predicted octanol–water partition coefficient (Wildman–Crippen LogP) is 3.17. The third-order valence-corrected chi connectivity index (χ3v) is 2.48. The first-order chi connectivity index (χ1) is 8.61. The first kappa shape index (κ1) is 11.7. The molecule has 0 aliphatic heterocycles. The van der Waals surface area contributed by atoms with Gasteiger partial charge in [-0.05, 0) is 11.6 Å². The van der Waals surface area contributed by atoms with E-state index in [1.165, 1.54) is 12.1 Å². The first-order valence-electron chi connectivity index (χ1n) is 5.08. The van der Waals surface area contributed by atoms with Crippen LogP contribution in [0.5, 0.6) is 0 Å². The molecule has 6 heteroatoms. The van der Waals surface area contributed by atoms with E-state index in [1.807, 2.05) is 0 Å². The minimum Gasteiger partial charge on any atom is -0.258 e. The quantitative estimate of drug-likeness (QED) is 0.612. The van der Waals surface area contributed by atoms with Crippen molar-refractivity contribution in [2.75, 3.05) is 0 Å². The van der Waals surface area contributed by atoms with Gasteiger partial charge in [0.1, 0.15) is 0 Å². The number of nitrogens with zero attached hydrogens (tertiary/aromatic N) is 2. The number of hydrogen-bond acceptors (Lipinski definition) is 4. The lowest BCUT2D eigenvalue weighted by Gasteiger charge is -2.03. The van der Waals surface area contributed by atoms with Gasteiger partial charge in [0.25, 0.3) is 0 Å². The van der Waals surface area contributed by atoms with Crippen molar-refractivity contribution in [3.63, 3.8) is 0 Å². The highest BCUT2D eigenvalue weighted by molar-refractivity contribution is 5.79. The SMILES string of the molecule is O=[N+]([O-])c1cccc(-c2ccccc2)c1[N+](=O)[O-]. The average molecular weight is 244 g/mol. The van der Waals surface area contributed by atoms with Crippen LogP contribution in [0.4, 0.5) is 11.4 Å². The number of nitro groups is 2. The van der Waals surface area contributed by atoms with E-state index in [1.54, 1.807) is 30.3 Å². The summed E-state index contributed by atoms with van der Waals surface area (Å²) < 4.78 is 0. The summed E-state index contributed by atoms with van der Waals surface area (Å²) in [5, 5.41) is 21.8. The van der Waals surface area contributed by atoms with E-state index in [4.69, 9.17) is 0 Å². The molecule has 0 aliphatic rings. The van der Waals surface area contributed by atoms with Crippen molar-refractivity contribution in [1.82, 2.24) is 0 Å². The third kappa shape index (κ3) is 2.03. The zero-order chi connectivity index (χ0) is 13.1. The van der Waals surface area contributed by atoms with Crippen LogP contribution in [0.3, 0.4) is 0 Å². The minimum atomic E-state index is -0.745. The largest absolute Gasteiger partial charge is 0.353 e. The van der Waals surface area contributed by atoms with Crippen LogP contribution in [0.15, 0.2) is 48.5 Å². The van der Waals surface area contributed by atoms with E-state index < -0.39 is 21.2 Å². The van der Waals surface area contributed by atoms with Gasteiger partial charge in [-0.3, -0.25) is 20.2 Å². The van der Waals surface area contributed by atoms with E-state index >= 15 is 0 Å². The molecule has 0 heterocycles. The second-order valence-electron chi connectivity index (χ2n) is 3.55. The Kier molecular flexibility index (Phi) is 3.01. The highest BCUT2D eigenvalue weighted by atomic mass is 16.6. The zero-order valence-electron chi connectivity index (χ0n) is 9.15. The maximum absolute atomic E-state index is 11.0. The fourth-order valence-electron chi connectivity index (χ4n) is 1.72. The van der Waals surface area contributed by atoms with Crippen molar-refractivity contribution in [3.05, 3.63) is 68.8 Å². The van der Waals surface area contributed by atoms with Crippen molar-refractivity contribution < 1.29 is 9.85 Å². The van der Waals surface area contributed by atoms with Gasteiger partial charge in [0.05, 0.1) is 15.4 Å². The Morgan fingerprint density at radius 2 is 1.44 bits per heavy atom. The summed E-state index contributed by atoms with van der Waals surface area (Å²) in [5.74, 6) is 0. The van der Waals surface area contributed by atoms with Crippen molar-refractivity contribution >= 4 is 11.4 Å². The molecule has 0 aromatic heterocycles. The van der Waals surface area contributed by atoms with E-state index in [-0.39, 0.29) is 5.56 Å². The Labute approximate surface area is 102 Å². The van der Waals surface area contributed by atoms with Gasteiger partial charge in [0, 0.05) is 6.07 Å². The molecule has 0 bridgehead atoms. The molecule has 0 spiro atoms. The van der Waals surface area contributed by atoms with Crippen LogP contribution in [0, 0.1) is 20.2 Å². The summed E-state index contributed by atoms with van der Waals surface area (Å²) in [4.78, 5) is 20.4. The Morgan fingerprint density at radius 3 is 2.00 bits per heavy atom. The number of hydrogen-bond donors (Lipinski definition) is 0. The summed E-state index contributed by atoms with van der Waals surface area (Å²) in [6.07, 6.45) is 0. The molecule has 0 N–H and O–H groups in total. The average Bonchev–Trinajstić information content (AvgIpc) is 2.38. The van der Waals surface area contributed by atoms with E-state index in [2.05, 4.69) is 0 Å². The minimum absolute atomic E-state index is 0.245. The van der Waals surface area contributed by atoms with Crippen LogP contribution in [0.2, 0.25) is 0 Å². The van der Waals surface area contributed by atoms with E-state index in [0.717, 1.165) is 6.07 Å². The smallest absolute Gasteiger partial charge is 0.258 e. The van der Waals surface area contributed by atoms with Gasteiger partial charge in [-0.25, -0.2) is 0 Å². The molecule has 18 heavy (non-hydrogen) atoms. The monoisotopic (exact) mass is 244 g/mol. The Hall–Kier alpha value is -2.76. The second kappa shape index (κ2) is 4.62. The van der Waals surface area contributed by atoms with Crippen LogP contribution in [-0.4, -0.2) is 9.85 Å². The lowest BCUT2D eigenvalue weighted by Crippen LogP contribution is -1.98. The van der Waals surface area contributed by atoms with Gasteiger partial charge in [0.2, 0.25) is 0 Å². The molecule has 2 rings (SSSR count). The zero-order valence-corrected chi connectivity index (χ0v) is 9.15. The molecule has 0 saturated carbocycles. The third-order valence-electron chi connectivity index (χ3n) is 2.48. The molecule has 0 amide bonds. The Bertz CT molecular complexity index is 611. The topological polar surface area (TPSA) is 86.3 Å². The predicted molar refractivity (Wildman–Crippen MR) is 65.2 cm³/mol. The molecular weight excluding hydrogens is 236 g/mol. The molecule has 0 fully saturated rings.